The summed E-state index contributed by atoms with van der Waals surface area (Å²) in [5.74, 6) is 0.743. The van der Waals surface area contributed by atoms with Crippen LogP contribution in [0, 0.1) is 0 Å². The number of aromatic nitrogens is 1. The van der Waals surface area contributed by atoms with Gasteiger partial charge < -0.3 is 0 Å². The standard InChI is InChI=1S/C11H9NOS/c14-11-7-3-2-6-10(11)13-12-8-4-1-5-9-12/h1-9H/p+1. The lowest BCUT2D eigenvalue weighted by atomic mass is 10.3. The van der Waals surface area contributed by atoms with Gasteiger partial charge in [0.1, 0.15) is 0 Å². The van der Waals surface area contributed by atoms with Crippen molar-refractivity contribution < 1.29 is 9.57 Å². The van der Waals surface area contributed by atoms with E-state index in [1.807, 2.05) is 54.9 Å². The molecule has 0 aliphatic carbocycles. The zero-order chi connectivity index (χ0) is 9.80. The third-order valence-electron chi connectivity index (χ3n) is 1.76. The average Bonchev–Trinajstić information content (AvgIpc) is 2.23. The van der Waals surface area contributed by atoms with Crippen LogP contribution < -0.4 is 9.57 Å². The zero-order valence-corrected chi connectivity index (χ0v) is 8.39. The molecule has 0 N–H and O–H groups in total. The maximum Gasteiger partial charge on any atom is 0.223 e. The molecule has 70 valence electrons. The first-order valence-corrected chi connectivity index (χ1v) is 4.73. The van der Waals surface area contributed by atoms with Crippen LogP contribution in [0.25, 0.3) is 0 Å². The molecule has 2 rings (SSSR count). The summed E-state index contributed by atoms with van der Waals surface area (Å²) in [6.07, 6.45) is 3.67. The minimum absolute atomic E-state index is 0.743. The summed E-state index contributed by atoms with van der Waals surface area (Å²) in [4.78, 5) is 6.37. The first kappa shape index (κ1) is 9.09. The van der Waals surface area contributed by atoms with E-state index < -0.39 is 0 Å². The van der Waals surface area contributed by atoms with Crippen molar-refractivity contribution >= 4 is 12.6 Å². The van der Waals surface area contributed by atoms with Crippen LogP contribution >= 0.6 is 12.6 Å². The van der Waals surface area contributed by atoms with Gasteiger partial charge in [-0.25, -0.2) is 4.84 Å². The second-order valence-electron chi connectivity index (χ2n) is 2.79. The van der Waals surface area contributed by atoms with Gasteiger partial charge in [0.2, 0.25) is 18.1 Å². The molecule has 0 aliphatic rings. The maximum atomic E-state index is 5.55. The fourth-order valence-corrected chi connectivity index (χ4v) is 1.29. The number of thiol groups is 1. The zero-order valence-electron chi connectivity index (χ0n) is 7.50. The van der Waals surface area contributed by atoms with E-state index >= 15 is 0 Å². The van der Waals surface area contributed by atoms with Crippen LogP contribution in [0.2, 0.25) is 0 Å². The lowest BCUT2D eigenvalue weighted by Crippen LogP contribution is -2.38. The number of hydrogen-bond acceptors (Lipinski definition) is 2. The molecule has 0 saturated heterocycles. The molecule has 0 saturated carbocycles. The maximum absolute atomic E-state index is 5.55. The molecule has 2 nitrogen and oxygen atoms in total. The van der Waals surface area contributed by atoms with Crippen LogP contribution in [0.3, 0.4) is 0 Å². The predicted molar refractivity (Wildman–Crippen MR) is 56.4 cm³/mol. The quantitative estimate of drug-likeness (QED) is 0.584. The Morgan fingerprint density at radius 3 is 2.36 bits per heavy atom. The molecule has 0 unspecified atom stereocenters. The summed E-state index contributed by atoms with van der Waals surface area (Å²) in [5, 5.41) is 0. The molecule has 0 spiro atoms. The van der Waals surface area contributed by atoms with Crippen molar-refractivity contribution in [2.24, 2.45) is 0 Å². The van der Waals surface area contributed by atoms with E-state index in [0.717, 1.165) is 10.6 Å². The Kier molecular flexibility index (Phi) is 2.70. The number of benzene rings is 1. The SMILES string of the molecule is Sc1ccccc1O[n+]1ccccc1. The molecular weight excluding hydrogens is 194 g/mol. The summed E-state index contributed by atoms with van der Waals surface area (Å²) in [6, 6.07) is 13.3. The summed E-state index contributed by atoms with van der Waals surface area (Å²) in [5.41, 5.74) is 0. The van der Waals surface area contributed by atoms with E-state index in [9.17, 15) is 0 Å². The van der Waals surface area contributed by atoms with Gasteiger partial charge in [-0.05, 0) is 12.1 Å². The molecule has 1 aromatic heterocycles. The fourth-order valence-electron chi connectivity index (χ4n) is 1.09. The van der Waals surface area contributed by atoms with Crippen LogP contribution in [0.1, 0.15) is 0 Å². The van der Waals surface area contributed by atoms with E-state index in [4.69, 9.17) is 4.84 Å². The molecule has 0 atom stereocenters. The molecule has 14 heavy (non-hydrogen) atoms. The monoisotopic (exact) mass is 204 g/mol. The third kappa shape index (κ3) is 2.06. The summed E-state index contributed by atoms with van der Waals surface area (Å²) >= 11 is 4.29. The Hall–Kier alpha value is -1.48. The normalized spacial score (nSPS) is 9.79. The number of rotatable bonds is 2. The topological polar surface area (TPSA) is 13.1 Å². The van der Waals surface area contributed by atoms with E-state index in [1.165, 1.54) is 0 Å². The van der Waals surface area contributed by atoms with Gasteiger partial charge in [-0.3, -0.25) is 0 Å². The number of hydrogen-bond donors (Lipinski definition) is 1. The van der Waals surface area contributed by atoms with E-state index in [2.05, 4.69) is 12.6 Å². The van der Waals surface area contributed by atoms with Crippen molar-refractivity contribution in [1.29, 1.82) is 0 Å². The molecule has 2 aromatic rings. The Bertz CT molecular complexity index is 417. The second kappa shape index (κ2) is 4.15. The van der Waals surface area contributed by atoms with Crippen LogP contribution in [-0.4, -0.2) is 0 Å². The number of pyridine rings is 1. The summed E-state index contributed by atoms with van der Waals surface area (Å²) < 4.78 is 1.63. The van der Waals surface area contributed by atoms with Gasteiger partial charge in [-0.2, -0.15) is 0 Å². The minimum atomic E-state index is 0.743. The van der Waals surface area contributed by atoms with Gasteiger partial charge in [0.15, 0.2) is 0 Å². The molecule has 1 heterocycles. The van der Waals surface area contributed by atoms with Crippen molar-refractivity contribution in [1.82, 2.24) is 0 Å². The first-order chi connectivity index (χ1) is 6.86. The van der Waals surface area contributed by atoms with Gasteiger partial charge >= 0.3 is 0 Å². The van der Waals surface area contributed by atoms with Crippen LogP contribution in [0.4, 0.5) is 0 Å². The molecule has 0 bridgehead atoms. The predicted octanol–water partition coefficient (Wildman–Crippen LogP) is 2.10. The van der Waals surface area contributed by atoms with Gasteiger partial charge in [-0.1, -0.05) is 18.2 Å². The Labute approximate surface area is 88.1 Å². The van der Waals surface area contributed by atoms with Crippen molar-refractivity contribution in [2.45, 2.75) is 4.90 Å². The smallest absolute Gasteiger partial charge is 0.223 e. The molecule has 0 fully saturated rings. The third-order valence-corrected chi connectivity index (χ3v) is 2.13. The lowest BCUT2D eigenvalue weighted by Gasteiger charge is -1.99. The molecular formula is C11H10NOS+. The fraction of sp³-hybridized carbons (Fsp3) is 0. The van der Waals surface area contributed by atoms with Crippen molar-refractivity contribution in [3.63, 3.8) is 0 Å². The van der Waals surface area contributed by atoms with Crippen molar-refractivity contribution in [3.8, 4) is 5.75 Å². The Balaban J connectivity index is 2.24. The largest absolute Gasteiger partial charge is 0.230 e. The average molecular weight is 204 g/mol. The van der Waals surface area contributed by atoms with E-state index in [-0.39, 0.29) is 0 Å². The Morgan fingerprint density at radius 2 is 1.64 bits per heavy atom. The van der Waals surface area contributed by atoms with Crippen LogP contribution in [0.15, 0.2) is 59.8 Å². The molecule has 3 heteroatoms. The molecule has 0 amide bonds. The molecule has 0 aliphatic heterocycles. The second-order valence-corrected chi connectivity index (χ2v) is 3.28. The van der Waals surface area contributed by atoms with Crippen LogP contribution in [0.5, 0.6) is 5.75 Å². The van der Waals surface area contributed by atoms with Gasteiger partial charge in [0.25, 0.3) is 0 Å². The number of para-hydroxylation sites is 1. The van der Waals surface area contributed by atoms with Crippen molar-refractivity contribution in [3.05, 3.63) is 54.9 Å². The lowest BCUT2D eigenvalue weighted by molar-refractivity contribution is -0.875. The summed E-state index contributed by atoms with van der Waals surface area (Å²) in [6.45, 7) is 0. The highest BCUT2D eigenvalue weighted by Crippen LogP contribution is 2.19. The van der Waals surface area contributed by atoms with Gasteiger partial charge in [0.05, 0.1) is 4.90 Å². The molecule has 0 radical (unpaired) electrons. The Morgan fingerprint density at radius 1 is 0.929 bits per heavy atom. The molecule has 1 aromatic carbocycles. The van der Waals surface area contributed by atoms with Gasteiger partial charge in [0, 0.05) is 16.9 Å². The van der Waals surface area contributed by atoms with Crippen LogP contribution in [-0.2, 0) is 0 Å². The number of nitrogens with zero attached hydrogens (tertiary/aromatic N) is 1. The highest BCUT2D eigenvalue weighted by molar-refractivity contribution is 7.80. The van der Waals surface area contributed by atoms with Gasteiger partial charge in [-0.15, -0.1) is 12.6 Å². The minimum Gasteiger partial charge on any atom is -0.230 e. The van der Waals surface area contributed by atoms with E-state index in [0.29, 0.717) is 0 Å². The van der Waals surface area contributed by atoms with Crippen molar-refractivity contribution in [2.75, 3.05) is 0 Å². The highest BCUT2D eigenvalue weighted by atomic mass is 32.1. The first-order valence-electron chi connectivity index (χ1n) is 4.29. The van der Waals surface area contributed by atoms with E-state index in [1.54, 1.807) is 4.73 Å². The highest BCUT2D eigenvalue weighted by Gasteiger charge is 2.04. The summed E-state index contributed by atoms with van der Waals surface area (Å²) in [7, 11) is 0.